The maximum absolute atomic E-state index is 13.1. The first kappa shape index (κ1) is 23.0. The van der Waals surface area contributed by atoms with Gasteiger partial charge in [0, 0.05) is 17.2 Å². The molecule has 0 fully saturated rings. The minimum atomic E-state index is -2.63. The molecule has 7 nitrogen and oxygen atoms in total. The van der Waals surface area contributed by atoms with Crippen molar-refractivity contribution in [2.24, 2.45) is 0 Å². The fraction of sp³-hybridized carbons (Fsp3) is 0.348. The second-order valence-electron chi connectivity index (χ2n) is 8.54. The molecular weight excluding hydrogens is 418 g/mol. The Morgan fingerprint density at radius 3 is 2.62 bits per heavy atom. The van der Waals surface area contributed by atoms with Crippen LogP contribution in [0.1, 0.15) is 50.8 Å². The first-order valence-corrected chi connectivity index (χ1v) is 10.0. The number of ether oxygens (including phenoxy) is 1. The fourth-order valence-electron chi connectivity index (χ4n) is 3.32. The summed E-state index contributed by atoms with van der Waals surface area (Å²) in [6, 6.07) is 10.3. The van der Waals surface area contributed by atoms with Crippen molar-refractivity contribution in [2.75, 3.05) is 10.2 Å². The van der Waals surface area contributed by atoms with Crippen LogP contribution in [0.3, 0.4) is 0 Å². The number of carbonyl (C=O) groups excluding carboxylic acids is 2. The summed E-state index contributed by atoms with van der Waals surface area (Å²) in [5, 5.41) is 15.0. The van der Waals surface area contributed by atoms with Gasteiger partial charge in [0.25, 0.3) is 12.3 Å². The first-order valence-electron chi connectivity index (χ1n) is 10.0. The lowest BCUT2D eigenvalue weighted by atomic mass is 10.1. The molecule has 1 aliphatic heterocycles. The minimum Gasteiger partial charge on any atom is -0.479 e. The number of urea groups is 1. The molecule has 3 amide bonds. The second kappa shape index (κ2) is 8.83. The van der Waals surface area contributed by atoms with Crippen LogP contribution < -0.4 is 20.3 Å². The second-order valence-corrected chi connectivity index (χ2v) is 8.54. The average Bonchev–Trinajstić information content (AvgIpc) is 2.70. The Bertz CT molecular complexity index is 1090. The number of nitriles is 1. The van der Waals surface area contributed by atoms with Crippen molar-refractivity contribution in [1.29, 1.82) is 5.26 Å². The lowest BCUT2D eigenvalue weighted by Crippen LogP contribution is -2.44. The van der Waals surface area contributed by atoms with Gasteiger partial charge in [-0.05, 0) is 45.4 Å². The van der Waals surface area contributed by atoms with Gasteiger partial charge in [0.2, 0.25) is 0 Å². The molecule has 0 radical (unpaired) electrons. The molecule has 0 unspecified atom stereocenters. The number of hydrogen-bond acceptors (Lipinski definition) is 4. The van der Waals surface area contributed by atoms with Gasteiger partial charge >= 0.3 is 6.03 Å². The van der Waals surface area contributed by atoms with E-state index in [0.717, 1.165) is 0 Å². The van der Waals surface area contributed by atoms with Gasteiger partial charge in [-0.1, -0.05) is 18.2 Å². The molecule has 168 valence electrons. The van der Waals surface area contributed by atoms with Crippen LogP contribution in [0, 0.1) is 11.3 Å². The van der Waals surface area contributed by atoms with Gasteiger partial charge in [0.15, 0.2) is 6.10 Å². The molecule has 3 rings (SSSR count). The van der Waals surface area contributed by atoms with E-state index in [-0.39, 0.29) is 29.3 Å². The summed E-state index contributed by atoms with van der Waals surface area (Å²) >= 11 is 0. The van der Waals surface area contributed by atoms with Crippen LogP contribution in [-0.2, 0) is 11.3 Å². The van der Waals surface area contributed by atoms with E-state index in [9.17, 15) is 23.6 Å². The van der Waals surface area contributed by atoms with E-state index in [4.69, 9.17) is 4.74 Å². The van der Waals surface area contributed by atoms with Crippen molar-refractivity contribution in [2.45, 2.75) is 52.3 Å². The van der Waals surface area contributed by atoms with E-state index in [0.29, 0.717) is 17.0 Å². The maximum atomic E-state index is 13.1. The highest BCUT2D eigenvalue weighted by Gasteiger charge is 2.33. The molecular formula is C23H24F2N4O3. The van der Waals surface area contributed by atoms with Crippen LogP contribution in [0.2, 0.25) is 0 Å². The normalized spacial score (nSPS) is 15.6. The van der Waals surface area contributed by atoms with Crippen LogP contribution in [0.15, 0.2) is 36.4 Å². The number of benzene rings is 2. The van der Waals surface area contributed by atoms with E-state index in [1.807, 2.05) is 26.8 Å². The molecule has 2 N–H and O–H groups in total. The number of carbonyl (C=O) groups is 2. The van der Waals surface area contributed by atoms with E-state index in [1.165, 1.54) is 35.2 Å². The van der Waals surface area contributed by atoms with Crippen molar-refractivity contribution in [3.8, 4) is 11.8 Å². The van der Waals surface area contributed by atoms with Crippen LogP contribution in [0.25, 0.3) is 0 Å². The van der Waals surface area contributed by atoms with Gasteiger partial charge in [0.1, 0.15) is 11.8 Å². The minimum absolute atomic E-state index is 0.0300. The molecule has 0 aliphatic carbocycles. The Hall–Kier alpha value is -3.67. The summed E-state index contributed by atoms with van der Waals surface area (Å²) in [5.41, 5.74) is 0.583. The molecule has 2 aromatic rings. The van der Waals surface area contributed by atoms with Crippen LogP contribution in [-0.4, -0.2) is 23.6 Å². The number of halogens is 2. The Labute approximate surface area is 185 Å². The predicted octanol–water partition coefficient (Wildman–Crippen LogP) is 4.73. The summed E-state index contributed by atoms with van der Waals surface area (Å²) in [5.74, 6) is -0.0674. The van der Waals surface area contributed by atoms with Crippen LogP contribution in [0.5, 0.6) is 5.75 Å². The van der Waals surface area contributed by atoms with Crippen molar-refractivity contribution < 1.29 is 23.1 Å². The molecule has 1 aliphatic rings. The Morgan fingerprint density at radius 1 is 1.28 bits per heavy atom. The number of nitrogens with one attached hydrogen (secondary N) is 2. The number of amides is 3. The quantitative estimate of drug-likeness (QED) is 0.716. The SMILES string of the molecule is C[C@H]1Oc2cc(NC(=O)NC(C)(C)C)c(C#N)cc2N(Cc2cccc(C(F)F)c2)C1=O. The molecule has 0 aromatic heterocycles. The molecule has 2 aromatic carbocycles. The third kappa shape index (κ3) is 5.14. The lowest BCUT2D eigenvalue weighted by Gasteiger charge is -2.33. The van der Waals surface area contributed by atoms with Gasteiger partial charge in [0.05, 0.1) is 23.5 Å². The Morgan fingerprint density at radius 2 is 2.00 bits per heavy atom. The van der Waals surface area contributed by atoms with E-state index < -0.39 is 24.1 Å². The number of alkyl halides is 2. The highest BCUT2D eigenvalue weighted by Crippen LogP contribution is 2.39. The predicted molar refractivity (Wildman–Crippen MR) is 116 cm³/mol. The van der Waals surface area contributed by atoms with Gasteiger partial charge < -0.3 is 20.3 Å². The van der Waals surface area contributed by atoms with Gasteiger partial charge in [-0.2, -0.15) is 5.26 Å². The maximum Gasteiger partial charge on any atom is 0.319 e. The monoisotopic (exact) mass is 442 g/mol. The van der Waals surface area contributed by atoms with Gasteiger partial charge in [-0.3, -0.25) is 4.79 Å². The number of hydrogen-bond donors (Lipinski definition) is 2. The standard InChI is InChI=1S/C23H24F2N4O3/c1-13-21(30)29(12-14-6-5-7-15(8-14)20(24)25)18-9-16(11-26)17(10-19(18)32-13)27-22(31)28-23(2,3)4/h5-10,13,20H,12H2,1-4H3,(H2,27,28,31)/t13-/m1/s1. The molecule has 32 heavy (non-hydrogen) atoms. The topological polar surface area (TPSA) is 94.5 Å². The van der Waals surface area contributed by atoms with E-state index in [1.54, 1.807) is 13.0 Å². The van der Waals surface area contributed by atoms with Crippen molar-refractivity contribution in [3.63, 3.8) is 0 Å². The molecule has 0 bridgehead atoms. The highest BCUT2D eigenvalue weighted by molar-refractivity contribution is 6.01. The van der Waals surface area contributed by atoms with Crippen LogP contribution in [0.4, 0.5) is 25.0 Å². The fourth-order valence-corrected chi connectivity index (χ4v) is 3.32. The zero-order chi connectivity index (χ0) is 23.6. The van der Waals surface area contributed by atoms with Crippen LogP contribution >= 0.6 is 0 Å². The summed E-state index contributed by atoms with van der Waals surface area (Å²) in [6.45, 7) is 7.07. The number of fused-ring (bicyclic) bond motifs is 1. The largest absolute Gasteiger partial charge is 0.479 e. The third-order valence-corrected chi connectivity index (χ3v) is 4.71. The zero-order valence-corrected chi connectivity index (χ0v) is 18.2. The Kier molecular flexibility index (Phi) is 6.35. The van der Waals surface area contributed by atoms with Crippen molar-refractivity contribution in [3.05, 3.63) is 53.1 Å². The first-order chi connectivity index (χ1) is 15.0. The molecule has 0 saturated heterocycles. The molecule has 0 spiro atoms. The van der Waals surface area contributed by atoms with Crippen molar-refractivity contribution in [1.82, 2.24) is 5.32 Å². The Balaban J connectivity index is 1.97. The van der Waals surface area contributed by atoms with Gasteiger partial charge in [-0.25, -0.2) is 13.6 Å². The smallest absolute Gasteiger partial charge is 0.319 e. The summed E-state index contributed by atoms with van der Waals surface area (Å²) in [4.78, 5) is 26.5. The molecule has 1 heterocycles. The van der Waals surface area contributed by atoms with Gasteiger partial charge in [-0.15, -0.1) is 0 Å². The van der Waals surface area contributed by atoms with Crippen molar-refractivity contribution >= 4 is 23.3 Å². The summed E-state index contributed by atoms with van der Waals surface area (Å²) < 4.78 is 31.9. The average molecular weight is 442 g/mol. The number of rotatable bonds is 4. The molecule has 0 saturated carbocycles. The molecule has 9 heteroatoms. The summed E-state index contributed by atoms with van der Waals surface area (Å²) in [6.07, 6.45) is -3.45. The zero-order valence-electron chi connectivity index (χ0n) is 18.2. The summed E-state index contributed by atoms with van der Waals surface area (Å²) in [7, 11) is 0. The number of anilines is 2. The lowest BCUT2D eigenvalue weighted by molar-refractivity contribution is -0.125. The number of nitrogens with zero attached hydrogens (tertiary/aromatic N) is 2. The molecule has 1 atom stereocenters. The van der Waals surface area contributed by atoms with E-state index >= 15 is 0 Å². The highest BCUT2D eigenvalue weighted by atomic mass is 19.3. The third-order valence-electron chi connectivity index (χ3n) is 4.71. The van der Waals surface area contributed by atoms with E-state index in [2.05, 4.69) is 10.6 Å².